The number of carbonyl (C=O) groups is 1. The molecule has 27 heavy (non-hydrogen) atoms. The summed E-state index contributed by atoms with van der Waals surface area (Å²) in [5.74, 6) is -0.311. The zero-order chi connectivity index (χ0) is 19.6. The monoisotopic (exact) mass is 385 g/mol. The maximum atomic E-state index is 11.7. The number of rotatable bonds is 9. The van der Waals surface area contributed by atoms with Gasteiger partial charge in [-0.05, 0) is 52.6 Å². The predicted octanol–water partition coefficient (Wildman–Crippen LogP) is 1.61. The number of carbonyl (C=O) groups excluding carboxylic acids is 1. The fourth-order valence-electron chi connectivity index (χ4n) is 3.38. The minimum atomic E-state index is -0.830. The predicted molar refractivity (Wildman–Crippen MR) is 101 cm³/mol. The molecule has 0 aromatic rings. The Morgan fingerprint density at radius 2 is 2.00 bits per heavy atom. The van der Waals surface area contributed by atoms with Crippen molar-refractivity contribution in [1.82, 2.24) is 4.90 Å². The number of nitrogens with zero attached hydrogens (tertiary/aromatic N) is 1. The summed E-state index contributed by atoms with van der Waals surface area (Å²) in [6.45, 7) is 7.10. The summed E-state index contributed by atoms with van der Waals surface area (Å²) >= 11 is 0. The molecule has 0 bridgehead atoms. The lowest BCUT2D eigenvalue weighted by Gasteiger charge is -2.36. The Morgan fingerprint density at radius 3 is 2.74 bits per heavy atom. The van der Waals surface area contributed by atoms with Crippen molar-refractivity contribution in [2.45, 2.75) is 83.1 Å². The molecule has 0 radical (unpaired) electrons. The summed E-state index contributed by atoms with van der Waals surface area (Å²) < 4.78 is 16.5. The van der Waals surface area contributed by atoms with Crippen molar-refractivity contribution >= 4 is 5.97 Å². The first-order chi connectivity index (χ1) is 13.0. The van der Waals surface area contributed by atoms with E-state index in [-0.39, 0.29) is 24.6 Å². The smallest absolute Gasteiger partial charge is 0.330 e. The topological polar surface area (TPSA) is 88.5 Å². The Bertz CT molecular complexity index is 465. The van der Waals surface area contributed by atoms with Crippen LogP contribution >= 0.6 is 0 Å². The molecule has 7 nitrogen and oxygen atoms in total. The Kier molecular flexibility index (Phi) is 9.72. The van der Waals surface area contributed by atoms with Crippen molar-refractivity contribution in [3.8, 4) is 0 Å². The van der Waals surface area contributed by atoms with Gasteiger partial charge in [-0.3, -0.25) is 4.90 Å². The van der Waals surface area contributed by atoms with Gasteiger partial charge >= 0.3 is 5.97 Å². The molecule has 2 aliphatic heterocycles. The summed E-state index contributed by atoms with van der Waals surface area (Å²) in [6, 6.07) is 0. The van der Waals surface area contributed by atoms with Gasteiger partial charge in [0.05, 0.1) is 18.3 Å². The van der Waals surface area contributed by atoms with Gasteiger partial charge < -0.3 is 24.4 Å². The van der Waals surface area contributed by atoms with Crippen LogP contribution < -0.4 is 0 Å². The van der Waals surface area contributed by atoms with Crippen LogP contribution in [-0.4, -0.2) is 78.0 Å². The molecule has 0 amide bonds. The second kappa shape index (κ2) is 11.8. The molecule has 0 saturated carbocycles. The van der Waals surface area contributed by atoms with Crippen LogP contribution in [-0.2, 0) is 19.0 Å². The van der Waals surface area contributed by atoms with Gasteiger partial charge in [0.15, 0.2) is 6.29 Å². The lowest BCUT2D eigenvalue weighted by atomic mass is 10.0. The number of hydrogen-bond acceptors (Lipinski definition) is 7. The van der Waals surface area contributed by atoms with E-state index >= 15 is 0 Å². The maximum Gasteiger partial charge on any atom is 0.330 e. The standard InChI is InChI=1S/C20H35NO6/c1-15(26-20-18(23)14-17(22)16(2)27-20)8-4-5-9-19(24)25-13-12-21-10-6-3-7-11-21/h5,9,15-18,20,22-23H,3-4,6-8,10-14H2,1-2H3/b9-5+/t15-,16+,17-,18-,20?/m1/s1. The Morgan fingerprint density at radius 1 is 1.26 bits per heavy atom. The van der Waals surface area contributed by atoms with Crippen LogP contribution in [0.2, 0.25) is 0 Å². The molecule has 156 valence electrons. The molecule has 2 saturated heterocycles. The van der Waals surface area contributed by atoms with Gasteiger partial charge in [0.25, 0.3) is 0 Å². The number of aliphatic hydroxyl groups excluding tert-OH is 2. The highest BCUT2D eigenvalue weighted by Gasteiger charge is 2.35. The lowest BCUT2D eigenvalue weighted by molar-refractivity contribution is -0.273. The minimum absolute atomic E-state index is 0.133. The van der Waals surface area contributed by atoms with Crippen LogP contribution in [0.3, 0.4) is 0 Å². The number of likely N-dealkylation sites (tertiary alicyclic amines) is 1. The number of ether oxygens (including phenoxy) is 3. The van der Waals surface area contributed by atoms with Crippen LogP contribution in [0, 0.1) is 0 Å². The molecule has 2 rings (SSSR count). The molecular weight excluding hydrogens is 350 g/mol. The molecule has 2 N–H and O–H groups in total. The third-order valence-electron chi connectivity index (χ3n) is 5.15. The fraction of sp³-hybridized carbons (Fsp3) is 0.850. The van der Waals surface area contributed by atoms with Gasteiger partial charge in [-0.1, -0.05) is 12.5 Å². The Labute approximate surface area is 162 Å². The van der Waals surface area contributed by atoms with E-state index in [1.807, 2.05) is 6.92 Å². The minimum Gasteiger partial charge on any atom is -0.461 e. The van der Waals surface area contributed by atoms with Crippen LogP contribution in [0.4, 0.5) is 0 Å². The van der Waals surface area contributed by atoms with Crippen molar-refractivity contribution in [2.24, 2.45) is 0 Å². The fourth-order valence-corrected chi connectivity index (χ4v) is 3.38. The highest BCUT2D eigenvalue weighted by molar-refractivity contribution is 5.81. The summed E-state index contributed by atoms with van der Waals surface area (Å²) in [4.78, 5) is 14.1. The third kappa shape index (κ3) is 8.27. The molecule has 0 spiro atoms. The molecule has 7 heteroatoms. The molecule has 2 aliphatic rings. The first-order valence-corrected chi connectivity index (χ1v) is 10.2. The molecule has 0 aromatic heterocycles. The van der Waals surface area contributed by atoms with E-state index in [0.29, 0.717) is 19.4 Å². The highest BCUT2D eigenvalue weighted by atomic mass is 16.7. The SMILES string of the molecule is C[C@H](CC/C=C/C(=O)OCCN1CCCCC1)OC1O[C@@H](C)[C@H](O)C[C@H]1O. The molecule has 2 fully saturated rings. The maximum absolute atomic E-state index is 11.7. The van der Waals surface area contributed by atoms with E-state index in [0.717, 1.165) is 19.6 Å². The van der Waals surface area contributed by atoms with Gasteiger partial charge in [0, 0.05) is 19.0 Å². The van der Waals surface area contributed by atoms with Crippen molar-refractivity contribution in [2.75, 3.05) is 26.2 Å². The van der Waals surface area contributed by atoms with Crippen molar-refractivity contribution in [3.63, 3.8) is 0 Å². The normalized spacial score (nSPS) is 31.1. The van der Waals surface area contributed by atoms with Crippen LogP contribution in [0.1, 0.15) is 52.4 Å². The van der Waals surface area contributed by atoms with Crippen molar-refractivity contribution in [3.05, 3.63) is 12.2 Å². The van der Waals surface area contributed by atoms with E-state index < -0.39 is 18.5 Å². The second-order valence-corrected chi connectivity index (χ2v) is 7.58. The molecule has 1 unspecified atom stereocenters. The number of hydrogen-bond donors (Lipinski definition) is 2. The third-order valence-corrected chi connectivity index (χ3v) is 5.15. The quantitative estimate of drug-likeness (QED) is 0.460. The van der Waals surface area contributed by atoms with Gasteiger partial charge in [-0.2, -0.15) is 0 Å². The molecule has 2 heterocycles. The molecule has 0 aliphatic carbocycles. The van der Waals surface area contributed by atoms with E-state index in [9.17, 15) is 15.0 Å². The van der Waals surface area contributed by atoms with Gasteiger partial charge in [-0.15, -0.1) is 0 Å². The summed E-state index contributed by atoms with van der Waals surface area (Å²) in [7, 11) is 0. The number of esters is 1. The van der Waals surface area contributed by atoms with Crippen molar-refractivity contribution < 1.29 is 29.2 Å². The van der Waals surface area contributed by atoms with Crippen LogP contribution in [0.15, 0.2) is 12.2 Å². The molecular formula is C20H35NO6. The number of aliphatic hydroxyl groups is 2. The van der Waals surface area contributed by atoms with Gasteiger partial charge in [0.1, 0.15) is 12.7 Å². The number of allylic oxidation sites excluding steroid dienone is 1. The van der Waals surface area contributed by atoms with E-state index in [1.54, 1.807) is 13.0 Å². The highest BCUT2D eigenvalue weighted by Crippen LogP contribution is 2.22. The van der Waals surface area contributed by atoms with E-state index in [4.69, 9.17) is 14.2 Å². The molecule has 0 aromatic carbocycles. The van der Waals surface area contributed by atoms with Crippen molar-refractivity contribution in [1.29, 1.82) is 0 Å². The first kappa shape index (κ1) is 22.3. The summed E-state index contributed by atoms with van der Waals surface area (Å²) in [5.41, 5.74) is 0. The average molecular weight is 386 g/mol. The zero-order valence-electron chi connectivity index (χ0n) is 16.6. The van der Waals surface area contributed by atoms with Gasteiger partial charge in [-0.25, -0.2) is 4.79 Å². The van der Waals surface area contributed by atoms with Gasteiger partial charge in [0.2, 0.25) is 0 Å². The lowest BCUT2D eigenvalue weighted by Crippen LogP contribution is -2.48. The van der Waals surface area contributed by atoms with E-state index in [1.165, 1.54) is 25.3 Å². The number of piperidine rings is 1. The van der Waals surface area contributed by atoms with Crippen LogP contribution in [0.25, 0.3) is 0 Å². The Hall–Kier alpha value is -0.990. The average Bonchev–Trinajstić information content (AvgIpc) is 2.64. The first-order valence-electron chi connectivity index (χ1n) is 10.2. The molecule has 5 atom stereocenters. The largest absolute Gasteiger partial charge is 0.461 e. The zero-order valence-corrected chi connectivity index (χ0v) is 16.6. The summed E-state index contributed by atoms with van der Waals surface area (Å²) in [6.07, 6.45) is 5.93. The van der Waals surface area contributed by atoms with Crippen LogP contribution in [0.5, 0.6) is 0 Å². The Balaban J connectivity index is 1.55. The summed E-state index contributed by atoms with van der Waals surface area (Å²) in [5, 5.41) is 19.6. The van der Waals surface area contributed by atoms with E-state index in [2.05, 4.69) is 4.90 Å². The second-order valence-electron chi connectivity index (χ2n) is 7.58.